The second-order valence-electron chi connectivity index (χ2n) is 3.85. The fourth-order valence-electron chi connectivity index (χ4n) is 1.46. The molecule has 86 valence electrons. The highest BCUT2D eigenvalue weighted by atomic mass is 16.2. The van der Waals surface area contributed by atoms with E-state index in [0.29, 0.717) is 5.69 Å². The summed E-state index contributed by atoms with van der Waals surface area (Å²) in [6, 6.07) is 9.16. The number of pyridine rings is 2. The number of hydrogen-bond donors (Lipinski definition) is 0. The van der Waals surface area contributed by atoms with E-state index in [2.05, 4.69) is 9.97 Å². The fourth-order valence-corrected chi connectivity index (χ4v) is 1.46. The van der Waals surface area contributed by atoms with E-state index in [9.17, 15) is 4.79 Å². The molecule has 0 aliphatic heterocycles. The van der Waals surface area contributed by atoms with Crippen LogP contribution in [0.2, 0.25) is 0 Å². The maximum atomic E-state index is 11.8. The van der Waals surface area contributed by atoms with Gasteiger partial charge in [0.05, 0.1) is 5.69 Å². The number of nitrogens with zero attached hydrogens (tertiary/aromatic N) is 3. The normalized spacial score (nSPS) is 10.0. The van der Waals surface area contributed by atoms with Crippen molar-refractivity contribution in [3.8, 4) is 11.3 Å². The van der Waals surface area contributed by atoms with Gasteiger partial charge in [-0.15, -0.1) is 0 Å². The monoisotopic (exact) mass is 227 g/mol. The van der Waals surface area contributed by atoms with E-state index in [4.69, 9.17) is 0 Å². The summed E-state index contributed by atoms with van der Waals surface area (Å²) < 4.78 is 0. The van der Waals surface area contributed by atoms with Gasteiger partial charge in [-0.05, 0) is 24.3 Å². The zero-order valence-corrected chi connectivity index (χ0v) is 9.79. The van der Waals surface area contributed by atoms with Crippen molar-refractivity contribution in [1.29, 1.82) is 0 Å². The molecule has 2 aromatic heterocycles. The molecule has 2 heterocycles. The summed E-state index contributed by atoms with van der Waals surface area (Å²) in [4.78, 5) is 21.7. The van der Waals surface area contributed by atoms with Gasteiger partial charge >= 0.3 is 0 Å². The largest absolute Gasteiger partial charge is 0.343 e. The Morgan fingerprint density at radius 2 is 2.00 bits per heavy atom. The minimum absolute atomic E-state index is 0.101. The predicted octanol–water partition coefficient (Wildman–Crippen LogP) is 1.85. The number of rotatable bonds is 2. The second kappa shape index (κ2) is 4.74. The standard InChI is InChI=1S/C13H13N3O/c1-16(2)13(17)12-7-3-6-11(15-12)10-5-4-8-14-9-10/h3-9H,1-2H3. The second-order valence-corrected chi connectivity index (χ2v) is 3.85. The highest BCUT2D eigenvalue weighted by Gasteiger charge is 2.10. The number of carbonyl (C=O) groups is 1. The van der Waals surface area contributed by atoms with Crippen molar-refractivity contribution in [1.82, 2.24) is 14.9 Å². The molecule has 0 spiro atoms. The number of carbonyl (C=O) groups excluding carboxylic acids is 1. The molecule has 0 radical (unpaired) electrons. The molecular weight excluding hydrogens is 214 g/mol. The Hall–Kier alpha value is -2.23. The van der Waals surface area contributed by atoms with Crippen LogP contribution in [-0.2, 0) is 0 Å². The predicted molar refractivity (Wildman–Crippen MR) is 65.5 cm³/mol. The van der Waals surface area contributed by atoms with Crippen molar-refractivity contribution >= 4 is 5.91 Å². The topological polar surface area (TPSA) is 46.1 Å². The Morgan fingerprint density at radius 3 is 2.65 bits per heavy atom. The van der Waals surface area contributed by atoms with Crippen LogP contribution in [0.15, 0.2) is 42.7 Å². The van der Waals surface area contributed by atoms with Gasteiger partial charge in [-0.1, -0.05) is 6.07 Å². The molecular formula is C13H13N3O. The Labute approximate surface area is 99.9 Å². The minimum atomic E-state index is -0.101. The first-order chi connectivity index (χ1) is 8.18. The van der Waals surface area contributed by atoms with E-state index in [0.717, 1.165) is 11.3 Å². The van der Waals surface area contributed by atoms with Crippen LogP contribution >= 0.6 is 0 Å². The third-order valence-electron chi connectivity index (χ3n) is 2.33. The first-order valence-corrected chi connectivity index (χ1v) is 5.27. The molecule has 4 heteroatoms. The average Bonchev–Trinajstić information content (AvgIpc) is 2.39. The van der Waals surface area contributed by atoms with Crippen molar-refractivity contribution in [2.45, 2.75) is 0 Å². The Kier molecular flexibility index (Phi) is 3.14. The lowest BCUT2D eigenvalue weighted by atomic mass is 10.2. The van der Waals surface area contributed by atoms with Gasteiger partial charge in [0.25, 0.3) is 5.91 Å². The Morgan fingerprint density at radius 1 is 1.18 bits per heavy atom. The van der Waals surface area contributed by atoms with Crippen molar-refractivity contribution in [2.75, 3.05) is 14.1 Å². The molecule has 17 heavy (non-hydrogen) atoms. The van der Waals surface area contributed by atoms with Crippen LogP contribution in [0.5, 0.6) is 0 Å². The summed E-state index contributed by atoms with van der Waals surface area (Å²) in [7, 11) is 3.42. The van der Waals surface area contributed by atoms with Crippen LogP contribution in [0.4, 0.5) is 0 Å². The fraction of sp³-hybridized carbons (Fsp3) is 0.154. The summed E-state index contributed by atoms with van der Waals surface area (Å²) in [5.41, 5.74) is 2.10. The van der Waals surface area contributed by atoms with Crippen LogP contribution in [0.1, 0.15) is 10.5 Å². The van der Waals surface area contributed by atoms with Crippen LogP contribution in [-0.4, -0.2) is 34.9 Å². The van der Waals surface area contributed by atoms with E-state index < -0.39 is 0 Å². The molecule has 0 bridgehead atoms. The number of aromatic nitrogens is 2. The summed E-state index contributed by atoms with van der Waals surface area (Å²) >= 11 is 0. The molecule has 2 aromatic rings. The lowest BCUT2D eigenvalue weighted by Crippen LogP contribution is -2.22. The minimum Gasteiger partial charge on any atom is -0.343 e. The SMILES string of the molecule is CN(C)C(=O)c1cccc(-c2cccnc2)n1. The van der Waals surface area contributed by atoms with Gasteiger partial charge in [-0.3, -0.25) is 9.78 Å². The van der Waals surface area contributed by atoms with E-state index in [1.807, 2.05) is 24.3 Å². The summed E-state index contributed by atoms with van der Waals surface area (Å²) in [5.74, 6) is -0.101. The van der Waals surface area contributed by atoms with Crippen molar-refractivity contribution < 1.29 is 4.79 Å². The molecule has 0 aromatic carbocycles. The van der Waals surface area contributed by atoms with E-state index in [1.165, 1.54) is 4.90 Å². The van der Waals surface area contributed by atoms with Gasteiger partial charge in [0.15, 0.2) is 0 Å². The third kappa shape index (κ3) is 2.47. The zero-order chi connectivity index (χ0) is 12.3. The van der Waals surface area contributed by atoms with E-state index >= 15 is 0 Å². The lowest BCUT2D eigenvalue weighted by Gasteiger charge is -2.10. The van der Waals surface area contributed by atoms with Crippen molar-refractivity contribution in [3.05, 3.63) is 48.4 Å². The van der Waals surface area contributed by atoms with Gasteiger partial charge in [0, 0.05) is 32.1 Å². The van der Waals surface area contributed by atoms with Gasteiger partial charge in [-0.25, -0.2) is 4.98 Å². The van der Waals surface area contributed by atoms with Gasteiger partial charge in [0.2, 0.25) is 0 Å². The summed E-state index contributed by atoms with van der Waals surface area (Å²) in [6.07, 6.45) is 3.44. The summed E-state index contributed by atoms with van der Waals surface area (Å²) in [6.45, 7) is 0. The maximum absolute atomic E-state index is 11.8. The Balaban J connectivity index is 2.39. The first-order valence-electron chi connectivity index (χ1n) is 5.27. The Bertz CT molecular complexity index is 523. The van der Waals surface area contributed by atoms with Gasteiger partial charge < -0.3 is 4.90 Å². The smallest absolute Gasteiger partial charge is 0.271 e. The molecule has 0 aliphatic rings. The van der Waals surface area contributed by atoms with E-state index in [-0.39, 0.29) is 5.91 Å². The number of amides is 1. The molecule has 0 N–H and O–H groups in total. The molecule has 0 fully saturated rings. The van der Waals surface area contributed by atoms with Crippen LogP contribution in [0.3, 0.4) is 0 Å². The molecule has 4 nitrogen and oxygen atoms in total. The molecule has 0 unspecified atom stereocenters. The van der Waals surface area contributed by atoms with Crippen molar-refractivity contribution in [3.63, 3.8) is 0 Å². The maximum Gasteiger partial charge on any atom is 0.271 e. The first kappa shape index (κ1) is 11.3. The van der Waals surface area contributed by atoms with Crippen LogP contribution < -0.4 is 0 Å². The highest BCUT2D eigenvalue weighted by molar-refractivity contribution is 5.92. The lowest BCUT2D eigenvalue weighted by molar-refractivity contribution is 0.0822. The number of hydrogen-bond acceptors (Lipinski definition) is 3. The molecule has 0 saturated carbocycles. The average molecular weight is 227 g/mol. The zero-order valence-electron chi connectivity index (χ0n) is 9.79. The highest BCUT2D eigenvalue weighted by Crippen LogP contribution is 2.15. The van der Waals surface area contributed by atoms with Gasteiger partial charge in [0.1, 0.15) is 5.69 Å². The van der Waals surface area contributed by atoms with Crippen LogP contribution in [0, 0.1) is 0 Å². The quantitative estimate of drug-likeness (QED) is 0.786. The molecule has 0 saturated heterocycles. The molecule has 0 aliphatic carbocycles. The molecule has 0 atom stereocenters. The summed E-state index contributed by atoms with van der Waals surface area (Å²) in [5, 5.41) is 0. The molecule has 1 amide bonds. The molecule has 2 rings (SSSR count). The van der Waals surface area contributed by atoms with Crippen LogP contribution in [0.25, 0.3) is 11.3 Å². The van der Waals surface area contributed by atoms with E-state index in [1.54, 1.807) is 32.6 Å². The van der Waals surface area contributed by atoms with Gasteiger partial charge in [-0.2, -0.15) is 0 Å². The third-order valence-corrected chi connectivity index (χ3v) is 2.33. The van der Waals surface area contributed by atoms with Crippen molar-refractivity contribution in [2.24, 2.45) is 0 Å².